The molecule has 0 bridgehead atoms. The number of benzene rings is 1. The van der Waals surface area contributed by atoms with Crippen molar-refractivity contribution in [1.29, 1.82) is 0 Å². The maximum atomic E-state index is 14.0. The molecule has 1 N–H and O–H groups in total. The Morgan fingerprint density at radius 3 is 2.91 bits per heavy atom. The molecule has 0 spiro atoms. The third-order valence-electron chi connectivity index (χ3n) is 6.30. The fraction of sp³-hybridized carbons (Fsp3) is 0.320. The average Bonchev–Trinajstić information content (AvgIpc) is 3.40. The molecule has 3 heterocycles. The molecular formula is C25H24Cl2FN5O2. The van der Waals surface area contributed by atoms with Crippen molar-refractivity contribution in [1.82, 2.24) is 24.5 Å². The summed E-state index contributed by atoms with van der Waals surface area (Å²) in [6.45, 7) is 4.71. The zero-order valence-electron chi connectivity index (χ0n) is 19.2. The number of H-pyrrole nitrogens is 1. The van der Waals surface area contributed by atoms with Gasteiger partial charge >= 0.3 is 5.69 Å². The van der Waals surface area contributed by atoms with E-state index in [0.29, 0.717) is 23.0 Å². The molecule has 5 rings (SSSR count). The van der Waals surface area contributed by atoms with Crippen LogP contribution in [0, 0.1) is 17.7 Å². The zero-order valence-corrected chi connectivity index (χ0v) is 20.7. The molecule has 1 aromatic carbocycles. The molecule has 3 aromatic heterocycles. The van der Waals surface area contributed by atoms with E-state index in [1.54, 1.807) is 25.4 Å². The summed E-state index contributed by atoms with van der Waals surface area (Å²) in [5, 5.41) is 4.62. The summed E-state index contributed by atoms with van der Waals surface area (Å²) in [5.74, 6) is 0.516. The second-order valence-electron chi connectivity index (χ2n) is 9.01. The van der Waals surface area contributed by atoms with Gasteiger partial charge in [0.2, 0.25) is 0 Å². The van der Waals surface area contributed by atoms with Crippen molar-refractivity contribution in [3.63, 3.8) is 0 Å². The van der Waals surface area contributed by atoms with Crippen molar-refractivity contribution in [3.8, 4) is 11.1 Å². The molecule has 0 aliphatic heterocycles. The topological polar surface area (TPSA) is 77.7 Å². The number of fused-ring (bicyclic) bond motifs is 1. The number of aromatic amines is 1. The van der Waals surface area contributed by atoms with Crippen molar-refractivity contribution >= 4 is 34.4 Å². The molecule has 4 aromatic rings. The number of aromatic nitrogens is 5. The molecule has 0 fully saturated rings. The predicted molar refractivity (Wildman–Crippen MR) is 134 cm³/mol. The summed E-state index contributed by atoms with van der Waals surface area (Å²) < 4.78 is 17.0. The van der Waals surface area contributed by atoms with E-state index in [4.69, 9.17) is 28.0 Å². The number of hydrogen-bond donors (Lipinski definition) is 1. The van der Waals surface area contributed by atoms with Crippen LogP contribution in [0.5, 0.6) is 0 Å². The minimum atomic E-state index is -0.805. The minimum absolute atomic E-state index is 0.146. The van der Waals surface area contributed by atoms with E-state index in [1.165, 1.54) is 12.1 Å². The summed E-state index contributed by atoms with van der Waals surface area (Å²) >= 11 is 12.3. The van der Waals surface area contributed by atoms with Gasteiger partial charge in [0, 0.05) is 40.7 Å². The van der Waals surface area contributed by atoms with Gasteiger partial charge in [-0.1, -0.05) is 42.3 Å². The molecule has 0 radical (unpaired) electrons. The van der Waals surface area contributed by atoms with E-state index in [1.807, 2.05) is 10.9 Å². The van der Waals surface area contributed by atoms with Gasteiger partial charge in [0.15, 0.2) is 11.8 Å². The number of hydrogen-bond acceptors (Lipinski definition) is 4. The molecule has 35 heavy (non-hydrogen) atoms. The Bertz CT molecular complexity index is 1470. The van der Waals surface area contributed by atoms with Crippen LogP contribution in [-0.2, 0) is 6.54 Å². The lowest BCUT2D eigenvalue weighted by Crippen LogP contribution is -2.26. The van der Waals surface area contributed by atoms with Crippen molar-refractivity contribution in [2.45, 2.75) is 39.3 Å². The van der Waals surface area contributed by atoms with Crippen LogP contribution in [0.15, 0.2) is 53.7 Å². The van der Waals surface area contributed by atoms with Crippen LogP contribution in [0.3, 0.4) is 0 Å². The summed E-state index contributed by atoms with van der Waals surface area (Å²) in [5.41, 5.74) is 2.19. The molecule has 3 atom stereocenters. The number of rotatable bonds is 6. The smallest absolute Gasteiger partial charge is 0.360 e. The van der Waals surface area contributed by atoms with Crippen molar-refractivity contribution < 1.29 is 9.23 Å². The van der Waals surface area contributed by atoms with Crippen LogP contribution in [0.4, 0.5) is 4.39 Å². The van der Waals surface area contributed by atoms with E-state index < -0.39 is 17.6 Å². The van der Waals surface area contributed by atoms with E-state index in [9.17, 15) is 9.18 Å². The van der Waals surface area contributed by atoms with Crippen molar-refractivity contribution in [2.75, 3.05) is 0 Å². The largest absolute Gasteiger partial charge is 0.401 e. The number of allylic oxidation sites excluding steroid dienone is 2. The fourth-order valence-corrected chi connectivity index (χ4v) is 5.26. The van der Waals surface area contributed by atoms with Gasteiger partial charge in [-0.3, -0.25) is 9.67 Å². The maximum absolute atomic E-state index is 14.0. The first-order chi connectivity index (χ1) is 16.8. The van der Waals surface area contributed by atoms with E-state index in [2.05, 4.69) is 34.1 Å². The van der Waals surface area contributed by atoms with E-state index in [0.717, 1.165) is 35.2 Å². The van der Waals surface area contributed by atoms with Gasteiger partial charge in [0.05, 0.1) is 11.2 Å². The van der Waals surface area contributed by atoms with Gasteiger partial charge in [-0.05, 0) is 49.8 Å². The molecule has 10 heteroatoms. The quantitative estimate of drug-likeness (QED) is 0.259. The highest BCUT2D eigenvalue weighted by atomic mass is 35.5. The number of imidazole rings is 1. The second-order valence-corrected chi connectivity index (χ2v) is 9.80. The lowest BCUT2D eigenvalue weighted by Gasteiger charge is -2.21. The molecule has 1 aliphatic carbocycles. The Balaban J connectivity index is 1.43. The Morgan fingerprint density at radius 1 is 1.29 bits per heavy atom. The summed E-state index contributed by atoms with van der Waals surface area (Å²) in [6, 6.07) is 4.38. The number of halogens is 3. The third kappa shape index (κ3) is 4.73. The summed E-state index contributed by atoms with van der Waals surface area (Å²) in [4.78, 5) is 25.6. The first-order valence-corrected chi connectivity index (χ1v) is 12.2. The van der Waals surface area contributed by atoms with Gasteiger partial charge in [-0.15, -0.1) is 4.73 Å². The molecule has 0 saturated heterocycles. The van der Waals surface area contributed by atoms with Crippen molar-refractivity contribution in [3.05, 3.63) is 80.9 Å². The van der Waals surface area contributed by atoms with Gasteiger partial charge < -0.3 is 4.84 Å². The zero-order chi connectivity index (χ0) is 24.7. The lowest BCUT2D eigenvalue weighted by molar-refractivity contribution is 0.0492. The molecule has 3 unspecified atom stereocenters. The van der Waals surface area contributed by atoms with Gasteiger partial charge in [-0.2, -0.15) is 5.10 Å². The highest BCUT2D eigenvalue weighted by Crippen LogP contribution is 2.33. The summed E-state index contributed by atoms with van der Waals surface area (Å²) in [7, 11) is 0. The Kier molecular flexibility index (Phi) is 6.42. The molecule has 0 saturated carbocycles. The predicted octanol–water partition coefficient (Wildman–Crippen LogP) is 5.83. The van der Waals surface area contributed by atoms with Gasteiger partial charge in [-0.25, -0.2) is 14.2 Å². The maximum Gasteiger partial charge on any atom is 0.360 e. The molecule has 7 nitrogen and oxygen atoms in total. The minimum Gasteiger partial charge on any atom is -0.401 e. The number of nitrogens with one attached hydrogen (secondary N) is 1. The second kappa shape index (κ2) is 9.51. The van der Waals surface area contributed by atoms with Crippen LogP contribution in [0.25, 0.3) is 22.3 Å². The van der Waals surface area contributed by atoms with E-state index in [-0.39, 0.29) is 15.6 Å². The Hall–Kier alpha value is -3.10. The summed E-state index contributed by atoms with van der Waals surface area (Å²) in [6.07, 6.45) is 11.4. The average molecular weight is 516 g/mol. The van der Waals surface area contributed by atoms with Crippen LogP contribution in [0.1, 0.15) is 38.4 Å². The Morgan fingerprint density at radius 2 is 2.11 bits per heavy atom. The third-order valence-corrected chi connectivity index (χ3v) is 7.01. The standard InChI is InChI=1S/C25H24Cl2FN5O2/c1-14-4-3-5-16(8-14)12-32-13-18(11-30-32)17-9-21-24(29-10-17)31-25(34)33(21)35-15(2)22-19(26)6-7-20(28)23(22)27/h3-4,6-7,9-11,13-16H,5,8,12H2,1-2H3,(H,29,31,34). The molecular weight excluding hydrogens is 492 g/mol. The van der Waals surface area contributed by atoms with Crippen molar-refractivity contribution in [2.24, 2.45) is 11.8 Å². The normalized spacial score (nSPS) is 18.8. The molecule has 1 aliphatic rings. The van der Waals surface area contributed by atoms with Crippen LogP contribution in [0.2, 0.25) is 10.0 Å². The Labute approximate surface area is 211 Å². The highest BCUT2D eigenvalue weighted by Gasteiger charge is 2.22. The van der Waals surface area contributed by atoms with E-state index >= 15 is 0 Å². The first-order valence-electron chi connectivity index (χ1n) is 11.4. The SMILES string of the molecule is CC1C=CCC(Cn2cc(-c3cnc4[nH]c(=O)n(OC(C)c5c(Cl)ccc(F)c5Cl)c4c3)cn2)C1. The fourth-order valence-electron chi connectivity index (χ4n) is 4.58. The monoisotopic (exact) mass is 515 g/mol. The van der Waals surface area contributed by atoms with Crippen LogP contribution in [-0.4, -0.2) is 24.5 Å². The number of nitrogens with zero attached hydrogens (tertiary/aromatic N) is 4. The van der Waals surface area contributed by atoms with Crippen LogP contribution >= 0.6 is 23.2 Å². The lowest BCUT2D eigenvalue weighted by atomic mass is 9.88. The highest BCUT2D eigenvalue weighted by molar-refractivity contribution is 6.36. The number of pyridine rings is 1. The van der Waals surface area contributed by atoms with Crippen LogP contribution < -0.4 is 10.5 Å². The van der Waals surface area contributed by atoms with Gasteiger partial charge in [0.1, 0.15) is 11.3 Å². The van der Waals surface area contributed by atoms with Gasteiger partial charge in [0.25, 0.3) is 0 Å². The molecule has 182 valence electrons. The first kappa shape index (κ1) is 23.6. The molecule has 0 amide bonds.